The Balaban J connectivity index is 2.24. The summed E-state index contributed by atoms with van der Waals surface area (Å²) >= 11 is 3.48. The first-order valence-electron chi connectivity index (χ1n) is 5.93. The van der Waals surface area contributed by atoms with Crippen molar-refractivity contribution in [2.75, 3.05) is 0 Å². The van der Waals surface area contributed by atoms with Crippen LogP contribution in [-0.2, 0) is 5.33 Å². The predicted octanol–water partition coefficient (Wildman–Crippen LogP) is 4.60. The van der Waals surface area contributed by atoms with E-state index in [0.717, 1.165) is 16.5 Å². The van der Waals surface area contributed by atoms with Gasteiger partial charge in [-0.05, 0) is 49.2 Å². The molecule has 0 aliphatic heterocycles. The topological polar surface area (TPSA) is 0 Å². The third-order valence-electron chi connectivity index (χ3n) is 2.89. The second kappa shape index (κ2) is 5.89. The Morgan fingerprint density at radius 3 is 2.11 bits per heavy atom. The van der Waals surface area contributed by atoms with Crippen LogP contribution in [0.5, 0.6) is 0 Å². The second-order valence-corrected chi connectivity index (χ2v) is 4.95. The molecule has 0 unspecified atom stereocenters. The summed E-state index contributed by atoms with van der Waals surface area (Å²) in [7, 11) is 0. The van der Waals surface area contributed by atoms with Gasteiger partial charge in [0, 0.05) is 16.5 Å². The predicted molar refractivity (Wildman–Crippen MR) is 81.0 cm³/mol. The van der Waals surface area contributed by atoms with Gasteiger partial charge in [0.05, 0.1) is 0 Å². The maximum Gasteiger partial charge on any atom is 0.0285 e. The fourth-order valence-corrected chi connectivity index (χ4v) is 2.33. The van der Waals surface area contributed by atoms with Gasteiger partial charge < -0.3 is 0 Å². The van der Waals surface area contributed by atoms with Crippen LogP contribution in [0.3, 0.4) is 0 Å². The highest BCUT2D eigenvalue weighted by molar-refractivity contribution is 9.08. The third kappa shape index (κ3) is 3.24. The molecule has 0 atom stereocenters. The van der Waals surface area contributed by atoms with Gasteiger partial charge in [0.1, 0.15) is 0 Å². The SMILES string of the molecule is Cc1ccc(C#Cc2ccc(CBr)c(C)c2)cc1. The van der Waals surface area contributed by atoms with Crippen molar-refractivity contribution in [3.63, 3.8) is 0 Å². The molecule has 1 heteroatoms. The van der Waals surface area contributed by atoms with Gasteiger partial charge in [0.15, 0.2) is 0 Å². The second-order valence-electron chi connectivity index (χ2n) is 4.39. The van der Waals surface area contributed by atoms with E-state index in [2.05, 4.69) is 84.1 Å². The van der Waals surface area contributed by atoms with E-state index in [9.17, 15) is 0 Å². The number of alkyl halides is 1. The third-order valence-corrected chi connectivity index (χ3v) is 3.49. The molecule has 0 heterocycles. The average molecular weight is 299 g/mol. The Morgan fingerprint density at radius 2 is 1.50 bits per heavy atom. The van der Waals surface area contributed by atoms with Crippen LogP contribution in [0.2, 0.25) is 0 Å². The van der Waals surface area contributed by atoms with Crippen LogP contribution in [0.25, 0.3) is 0 Å². The standard InChI is InChI=1S/C17H15Br/c1-13-3-5-15(6-4-13)7-8-16-9-10-17(12-18)14(2)11-16/h3-6,9-11H,12H2,1-2H3. The molecule has 0 amide bonds. The van der Waals surface area contributed by atoms with Crippen molar-refractivity contribution in [3.05, 3.63) is 70.3 Å². The molecule has 0 nitrogen and oxygen atoms in total. The van der Waals surface area contributed by atoms with E-state index in [0.29, 0.717) is 0 Å². The molecule has 0 aliphatic rings. The highest BCUT2D eigenvalue weighted by Gasteiger charge is 1.96. The van der Waals surface area contributed by atoms with E-state index < -0.39 is 0 Å². The van der Waals surface area contributed by atoms with Gasteiger partial charge in [-0.15, -0.1) is 0 Å². The fraction of sp³-hybridized carbons (Fsp3) is 0.176. The molecule has 2 aromatic carbocycles. The summed E-state index contributed by atoms with van der Waals surface area (Å²) in [6.07, 6.45) is 0. The van der Waals surface area contributed by atoms with Crippen LogP contribution in [-0.4, -0.2) is 0 Å². The van der Waals surface area contributed by atoms with Gasteiger partial charge in [-0.25, -0.2) is 0 Å². The first-order valence-corrected chi connectivity index (χ1v) is 7.05. The molecule has 2 rings (SSSR count). The van der Waals surface area contributed by atoms with Crippen LogP contribution >= 0.6 is 15.9 Å². The minimum absolute atomic E-state index is 0.893. The lowest BCUT2D eigenvalue weighted by molar-refractivity contribution is 1.31. The smallest absolute Gasteiger partial charge is 0.0285 e. The van der Waals surface area contributed by atoms with Crippen LogP contribution in [0.15, 0.2) is 42.5 Å². The molecule has 18 heavy (non-hydrogen) atoms. The molecule has 2 aromatic rings. The summed E-state index contributed by atoms with van der Waals surface area (Å²) in [6, 6.07) is 14.6. The molecular weight excluding hydrogens is 284 g/mol. The van der Waals surface area contributed by atoms with E-state index in [1.807, 2.05) is 0 Å². The molecule has 90 valence electrons. The Bertz CT molecular complexity index is 598. The van der Waals surface area contributed by atoms with Gasteiger partial charge in [0.2, 0.25) is 0 Å². The number of hydrogen-bond donors (Lipinski definition) is 0. The zero-order chi connectivity index (χ0) is 13.0. The monoisotopic (exact) mass is 298 g/mol. The minimum atomic E-state index is 0.893. The minimum Gasteiger partial charge on any atom is -0.0876 e. The van der Waals surface area contributed by atoms with Crippen LogP contribution in [0.1, 0.15) is 27.8 Å². The number of benzene rings is 2. The number of hydrogen-bond acceptors (Lipinski definition) is 0. The Hall–Kier alpha value is -1.52. The zero-order valence-electron chi connectivity index (χ0n) is 10.6. The molecule has 0 saturated heterocycles. The lowest BCUT2D eigenvalue weighted by Crippen LogP contribution is -1.85. The van der Waals surface area contributed by atoms with Gasteiger partial charge in [-0.1, -0.05) is 51.5 Å². The number of aryl methyl sites for hydroxylation is 2. The maximum absolute atomic E-state index is 3.48. The molecule has 0 aliphatic carbocycles. The zero-order valence-corrected chi connectivity index (χ0v) is 12.2. The lowest BCUT2D eigenvalue weighted by atomic mass is 10.1. The van der Waals surface area contributed by atoms with Crippen LogP contribution in [0, 0.1) is 25.7 Å². The highest BCUT2D eigenvalue weighted by atomic mass is 79.9. The Morgan fingerprint density at radius 1 is 0.889 bits per heavy atom. The average Bonchev–Trinajstić information content (AvgIpc) is 2.38. The molecule has 0 saturated carbocycles. The molecule has 0 radical (unpaired) electrons. The Labute approximate surface area is 117 Å². The summed E-state index contributed by atoms with van der Waals surface area (Å²) < 4.78 is 0. The summed E-state index contributed by atoms with van der Waals surface area (Å²) in [5, 5.41) is 0.893. The first kappa shape index (κ1) is 12.9. The highest BCUT2D eigenvalue weighted by Crippen LogP contribution is 2.13. The summed E-state index contributed by atoms with van der Waals surface area (Å²) in [5.41, 5.74) is 5.98. The van der Waals surface area contributed by atoms with Crippen molar-refractivity contribution in [2.24, 2.45) is 0 Å². The van der Waals surface area contributed by atoms with Gasteiger partial charge >= 0.3 is 0 Å². The summed E-state index contributed by atoms with van der Waals surface area (Å²) in [6.45, 7) is 4.20. The molecular formula is C17H15Br. The van der Waals surface area contributed by atoms with Crippen molar-refractivity contribution < 1.29 is 0 Å². The summed E-state index contributed by atoms with van der Waals surface area (Å²) in [5.74, 6) is 6.40. The van der Waals surface area contributed by atoms with E-state index >= 15 is 0 Å². The van der Waals surface area contributed by atoms with Crippen molar-refractivity contribution in [3.8, 4) is 11.8 Å². The Kier molecular flexibility index (Phi) is 4.23. The lowest BCUT2D eigenvalue weighted by Gasteiger charge is -2.01. The molecule has 0 aromatic heterocycles. The van der Waals surface area contributed by atoms with E-state index in [-0.39, 0.29) is 0 Å². The van der Waals surface area contributed by atoms with Crippen molar-refractivity contribution in [1.82, 2.24) is 0 Å². The van der Waals surface area contributed by atoms with Crippen molar-refractivity contribution in [2.45, 2.75) is 19.2 Å². The van der Waals surface area contributed by atoms with Crippen LogP contribution in [0.4, 0.5) is 0 Å². The van der Waals surface area contributed by atoms with Crippen LogP contribution < -0.4 is 0 Å². The molecule has 0 bridgehead atoms. The van der Waals surface area contributed by atoms with Gasteiger partial charge in [0.25, 0.3) is 0 Å². The molecule has 0 fully saturated rings. The summed E-state index contributed by atoms with van der Waals surface area (Å²) in [4.78, 5) is 0. The molecule has 0 N–H and O–H groups in total. The van der Waals surface area contributed by atoms with Gasteiger partial charge in [-0.2, -0.15) is 0 Å². The van der Waals surface area contributed by atoms with E-state index in [4.69, 9.17) is 0 Å². The van der Waals surface area contributed by atoms with Crippen molar-refractivity contribution >= 4 is 15.9 Å². The number of rotatable bonds is 1. The largest absolute Gasteiger partial charge is 0.0876 e. The normalized spacial score (nSPS) is 9.72. The van der Waals surface area contributed by atoms with E-state index in [1.165, 1.54) is 16.7 Å². The van der Waals surface area contributed by atoms with Gasteiger partial charge in [-0.3, -0.25) is 0 Å². The first-order chi connectivity index (χ1) is 8.69. The van der Waals surface area contributed by atoms with Crippen molar-refractivity contribution in [1.29, 1.82) is 0 Å². The fourth-order valence-electron chi connectivity index (χ4n) is 1.70. The molecule has 0 spiro atoms. The number of halogens is 1. The maximum atomic E-state index is 3.48. The quantitative estimate of drug-likeness (QED) is 0.533. The van der Waals surface area contributed by atoms with E-state index in [1.54, 1.807) is 0 Å².